The maximum absolute atomic E-state index is 8.24. The average Bonchev–Trinajstić information content (AvgIpc) is 2.95. The number of hydrogen-bond donors (Lipinski definition) is 0. The molecular weight excluding hydrogens is 295 g/mol. The molecule has 8 nitrogen and oxygen atoms in total. The summed E-state index contributed by atoms with van der Waals surface area (Å²) in [5, 5.41) is 30.0. The molecule has 103 valence electrons. The fraction of sp³-hybridized carbons (Fsp3) is 0.200. The van der Waals surface area contributed by atoms with Crippen LogP contribution >= 0.6 is 0 Å². The predicted molar refractivity (Wildman–Crippen MR) is 57.6 cm³/mol. The molecule has 0 atom stereocenters. The number of aromatic nitrogens is 4. The van der Waals surface area contributed by atoms with Crippen LogP contribution in [0, 0.1) is 23.0 Å². The van der Waals surface area contributed by atoms with E-state index >= 15 is 0 Å². The monoisotopic (exact) mass is 307 g/mol. The van der Waals surface area contributed by atoms with Crippen LogP contribution in [-0.4, -0.2) is 19.1 Å². The number of hydrogen-bond acceptors (Lipinski definition) is 6. The molecule has 2 heterocycles. The SMILES string of the molecule is Cn1ccnc1.Cn1ccnc1.N#C[O-].N#C[O-].[Co+2]. The second-order valence-electron chi connectivity index (χ2n) is 2.64. The fourth-order valence-electron chi connectivity index (χ4n) is 0.652. The largest absolute Gasteiger partial charge is 2.00 e. The van der Waals surface area contributed by atoms with E-state index < -0.39 is 0 Å². The van der Waals surface area contributed by atoms with E-state index in [1.807, 2.05) is 35.6 Å². The molecule has 2 rings (SSSR count). The van der Waals surface area contributed by atoms with Crippen LogP contribution < -0.4 is 10.2 Å². The van der Waals surface area contributed by atoms with Crippen LogP contribution in [0.1, 0.15) is 0 Å². The van der Waals surface area contributed by atoms with Crippen LogP contribution in [0.3, 0.4) is 0 Å². The summed E-state index contributed by atoms with van der Waals surface area (Å²) in [6.45, 7) is 0. The Morgan fingerprint density at radius 2 is 1.16 bits per heavy atom. The van der Waals surface area contributed by atoms with Crippen molar-refractivity contribution in [2.75, 3.05) is 0 Å². The van der Waals surface area contributed by atoms with Crippen molar-refractivity contribution in [2.45, 2.75) is 0 Å². The Labute approximate surface area is 121 Å². The minimum Gasteiger partial charge on any atom is -0.812 e. The molecule has 2 aromatic heterocycles. The summed E-state index contributed by atoms with van der Waals surface area (Å²) >= 11 is 0. The van der Waals surface area contributed by atoms with Gasteiger partial charge in [0.2, 0.25) is 0 Å². The average molecular weight is 307 g/mol. The number of imidazole rings is 2. The zero-order valence-corrected chi connectivity index (χ0v) is 11.3. The van der Waals surface area contributed by atoms with E-state index in [4.69, 9.17) is 20.7 Å². The maximum atomic E-state index is 8.24. The molecule has 0 saturated heterocycles. The summed E-state index contributed by atoms with van der Waals surface area (Å²) in [5.74, 6) is 0. The van der Waals surface area contributed by atoms with Gasteiger partial charge >= 0.3 is 16.8 Å². The molecule has 19 heavy (non-hydrogen) atoms. The van der Waals surface area contributed by atoms with Gasteiger partial charge < -0.3 is 19.3 Å². The zero-order chi connectivity index (χ0) is 14.2. The maximum Gasteiger partial charge on any atom is 2.00 e. The summed E-state index contributed by atoms with van der Waals surface area (Å²) < 4.78 is 3.78. The number of nitrogens with zero attached hydrogens (tertiary/aromatic N) is 6. The molecule has 1 radical (unpaired) electrons. The molecule has 0 bridgehead atoms. The van der Waals surface area contributed by atoms with Crippen LogP contribution in [0.4, 0.5) is 0 Å². The third-order valence-corrected chi connectivity index (χ3v) is 1.27. The van der Waals surface area contributed by atoms with E-state index in [1.165, 1.54) is 0 Å². The van der Waals surface area contributed by atoms with Crippen molar-refractivity contribution in [3.05, 3.63) is 37.4 Å². The normalized spacial score (nSPS) is 6.32. The van der Waals surface area contributed by atoms with E-state index in [0.29, 0.717) is 12.5 Å². The Bertz CT molecular complexity index is 399. The topological polar surface area (TPSA) is 129 Å². The molecule has 0 aliphatic rings. The van der Waals surface area contributed by atoms with E-state index in [-0.39, 0.29) is 16.8 Å². The molecule has 0 aliphatic heterocycles. The fourth-order valence-corrected chi connectivity index (χ4v) is 0.652. The van der Waals surface area contributed by atoms with Crippen molar-refractivity contribution >= 4 is 0 Å². The number of nitriles is 2. The minimum atomic E-state index is 0. The van der Waals surface area contributed by atoms with Gasteiger partial charge in [0.15, 0.2) is 0 Å². The number of aryl methyl sites for hydroxylation is 2. The Hall–Kier alpha value is -2.49. The van der Waals surface area contributed by atoms with Gasteiger partial charge in [0.05, 0.1) is 12.7 Å². The Kier molecular flexibility index (Phi) is 20.5. The smallest absolute Gasteiger partial charge is 0.812 e. The standard InChI is InChI=1S/2C4H6N2.2CHNO.Co/c2*1-6-3-2-5-4-6;2*2-1-3;/h2*2-4H,1H3;2*3H;/q;;;;+2/p-2. The zero-order valence-electron chi connectivity index (χ0n) is 10.3. The molecule has 0 saturated carbocycles. The minimum absolute atomic E-state index is 0. The van der Waals surface area contributed by atoms with Crippen LogP contribution in [0.25, 0.3) is 0 Å². The first kappa shape index (κ1) is 21.8. The Morgan fingerprint density at radius 3 is 1.21 bits per heavy atom. The van der Waals surface area contributed by atoms with Gasteiger partial charge in [-0.2, -0.15) is 0 Å². The molecule has 0 aromatic carbocycles. The molecule has 0 N–H and O–H groups in total. The van der Waals surface area contributed by atoms with Crippen molar-refractivity contribution in [1.82, 2.24) is 19.1 Å². The second kappa shape index (κ2) is 17.9. The van der Waals surface area contributed by atoms with Gasteiger partial charge in [-0.3, -0.25) is 0 Å². The molecular formula is C10H12CoN6O2. The third kappa shape index (κ3) is 21.4. The molecule has 0 fully saturated rings. The molecule has 0 spiro atoms. The van der Waals surface area contributed by atoms with E-state index in [9.17, 15) is 0 Å². The van der Waals surface area contributed by atoms with Crippen molar-refractivity contribution < 1.29 is 27.0 Å². The van der Waals surface area contributed by atoms with E-state index in [1.54, 1.807) is 25.0 Å². The Morgan fingerprint density at radius 1 is 0.895 bits per heavy atom. The quantitative estimate of drug-likeness (QED) is 0.544. The summed E-state index contributed by atoms with van der Waals surface area (Å²) in [7, 11) is 3.88. The summed E-state index contributed by atoms with van der Waals surface area (Å²) in [4.78, 5) is 7.57. The van der Waals surface area contributed by atoms with Gasteiger partial charge in [0.25, 0.3) is 0 Å². The first-order chi connectivity index (χ1) is 8.62. The van der Waals surface area contributed by atoms with Crippen LogP contribution in [0.2, 0.25) is 0 Å². The molecule has 0 amide bonds. The van der Waals surface area contributed by atoms with Crippen molar-refractivity contribution in [3.63, 3.8) is 0 Å². The van der Waals surface area contributed by atoms with E-state index in [2.05, 4.69) is 9.97 Å². The summed E-state index contributed by atoms with van der Waals surface area (Å²) in [6.07, 6.45) is 11.8. The van der Waals surface area contributed by atoms with Crippen molar-refractivity contribution in [3.8, 4) is 12.5 Å². The first-order valence-electron chi connectivity index (χ1n) is 4.48. The van der Waals surface area contributed by atoms with Gasteiger partial charge in [-0.05, 0) is 0 Å². The number of rotatable bonds is 0. The molecule has 0 unspecified atom stereocenters. The van der Waals surface area contributed by atoms with Gasteiger partial charge in [0, 0.05) is 51.4 Å². The van der Waals surface area contributed by atoms with E-state index in [0.717, 1.165) is 0 Å². The molecule has 0 aliphatic carbocycles. The summed E-state index contributed by atoms with van der Waals surface area (Å²) in [6, 6.07) is 0. The van der Waals surface area contributed by atoms with Crippen LogP contribution in [0.15, 0.2) is 37.4 Å². The third-order valence-electron chi connectivity index (χ3n) is 1.27. The molecule has 2 aromatic rings. The Balaban J connectivity index is -0.000000188. The van der Waals surface area contributed by atoms with Crippen molar-refractivity contribution in [2.24, 2.45) is 14.1 Å². The van der Waals surface area contributed by atoms with Gasteiger partial charge in [-0.15, -0.1) is 0 Å². The first-order valence-corrected chi connectivity index (χ1v) is 4.48. The van der Waals surface area contributed by atoms with Crippen LogP contribution in [0.5, 0.6) is 0 Å². The van der Waals surface area contributed by atoms with Gasteiger partial charge in [-0.1, -0.05) is 0 Å². The molecule has 9 heteroatoms. The second-order valence-corrected chi connectivity index (χ2v) is 2.64. The predicted octanol–water partition coefficient (Wildman–Crippen LogP) is -1.51. The summed E-state index contributed by atoms with van der Waals surface area (Å²) in [5.41, 5.74) is 0. The van der Waals surface area contributed by atoms with Gasteiger partial charge in [0.1, 0.15) is 0 Å². The van der Waals surface area contributed by atoms with Crippen molar-refractivity contribution in [1.29, 1.82) is 10.5 Å². The van der Waals surface area contributed by atoms with Crippen LogP contribution in [-0.2, 0) is 30.9 Å². The van der Waals surface area contributed by atoms with Gasteiger partial charge in [-0.25, -0.2) is 20.5 Å².